The quantitative estimate of drug-likeness (QED) is 0.506. The molecule has 2 rings (SSSR count). The molecule has 124 valence electrons. The highest BCUT2D eigenvalue weighted by Crippen LogP contribution is 2.45. The molecule has 2 aromatic carbocycles. The molecule has 0 aromatic heterocycles. The van der Waals surface area contributed by atoms with Gasteiger partial charge in [0.25, 0.3) is 0 Å². The lowest BCUT2D eigenvalue weighted by molar-refractivity contribution is 0.554. The van der Waals surface area contributed by atoms with E-state index in [9.17, 15) is 0 Å². The normalized spacial score (nSPS) is 15.2. The Balaban J connectivity index is 2.14. The molecule has 0 amide bonds. The van der Waals surface area contributed by atoms with Crippen LogP contribution in [0.5, 0.6) is 0 Å². The molecular formula is C20H24Cl2S. The molecule has 3 heteroatoms. The Kier molecular flexibility index (Phi) is 6.10. The van der Waals surface area contributed by atoms with Crippen molar-refractivity contribution >= 4 is 35.0 Å². The van der Waals surface area contributed by atoms with Crippen molar-refractivity contribution in [2.75, 3.05) is 0 Å². The van der Waals surface area contributed by atoms with Gasteiger partial charge in [-0.25, -0.2) is 0 Å². The third-order valence-electron chi connectivity index (χ3n) is 4.41. The van der Waals surface area contributed by atoms with Gasteiger partial charge in [-0.15, -0.1) is 35.0 Å². The predicted molar refractivity (Wildman–Crippen MR) is 106 cm³/mol. The number of thioether (sulfide) groups is 1. The number of alkyl halides is 2. The van der Waals surface area contributed by atoms with Crippen LogP contribution in [-0.4, -0.2) is 9.42 Å². The van der Waals surface area contributed by atoms with Crippen LogP contribution in [0, 0.1) is 0 Å². The first kappa shape index (κ1) is 18.7. The van der Waals surface area contributed by atoms with Crippen LogP contribution in [-0.2, 0) is 10.8 Å². The lowest BCUT2D eigenvalue weighted by atomic mass is 9.86. The molecule has 0 saturated carbocycles. The van der Waals surface area contributed by atoms with E-state index in [-0.39, 0.29) is 20.2 Å². The van der Waals surface area contributed by atoms with Crippen molar-refractivity contribution in [3.63, 3.8) is 0 Å². The van der Waals surface area contributed by atoms with Crippen molar-refractivity contribution in [3.8, 4) is 0 Å². The number of rotatable bonds is 6. The topological polar surface area (TPSA) is 0 Å². The van der Waals surface area contributed by atoms with Crippen LogP contribution in [0.1, 0.15) is 38.8 Å². The third kappa shape index (κ3) is 4.26. The molecule has 0 aliphatic carbocycles. The summed E-state index contributed by atoms with van der Waals surface area (Å²) < 4.78 is -0.231. The summed E-state index contributed by atoms with van der Waals surface area (Å²) in [7, 11) is 0. The molecule has 0 bridgehead atoms. The Morgan fingerprint density at radius 2 is 0.957 bits per heavy atom. The molecule has 0 saturated heterocycles. The first-order valence-corrected chi connectivity index (χ1v) is 9.62. The minimum Gasteiger partial charge on any atom is -0.121 e. The molecular weight excluding hydrogens is 343 g/mol. The zero-order chi connectivity index (χ0) is 17.1. The smallest absolute Gasteiger partial charge is 0.0894 e. The molecule has 0 radical (unpaired) electrons. The summed E-state index contributed by atoms with van der Waals surface area (Å²) in [6, 6.07) is 20.8. The van der Waals surface area contributed by atoms with Crippen LogP contribution in [0.15, 0.2) is 60.7 Å². The number of hydrogen-bond donors (Lipinski definition) is 0. The number of hydrogen-bond acceptors (Lipinski definition) is 1. The van der Waals surface area contributed by atoms with E-state index in [2.05, 4.69) is 76.2 Å². The monoisotopic (exact) mass is 366 g/mol. The van der Waals surface area contributed by atoms with Crippen molar-refractivity contribution in [2.24, 2.45) is 0 Å². The summed E-state index contributed by atoms with van der Waals surface area (Å²) in [4.78, 5) is 0. The van der Waals surface area contributed by atoms with Gasteiger partial charge >= 0.3 is 0 Å². The van der Waals surface area contributed by atoms with Gasteiger partial charge in [0.05, 0.1) is 9.42 Å². The van der Waals surface area contributed by atoms with E-state index in [0.29, 0.717) is 0 Å². The van der Waals surface area contributed by atoms with Crippen molar-refractivity contribution in [2.45, 2.75) is 47.9 Å². The number of halogens is 2. The Morgan fingerprint density at radius 3 is 1.26 bits per heavy atom. The highest BCUT2D eigenvalue weighted by molar-refractivity contribution is 8.02. The molecule has 0 aliphatic rings. The molecule has 0 nitrogen and oxygen atoms in total. The van der Waals surface area contributed by atoms with Crippen LogP contribution in [0.2, 0.25) is 0 Å². The average molecular weight is 367 g/mol. The van der Waals surface area contributed by atoms with Gasteiger partial charge in [0.2, 0.25) is 0 Å². The molecule has 23 heavy (non-hydrogen) atoms. The van der Waals surface area contributed by atoms with Crippen LogP contribution in [0.4, 0.5) is 0 Å². The van der Waals surface area contributed by atoms with Gasteiger partial charge < -0.3 is 0 Å². The van der Waals surface area contributed by atoms with E-state index < -0.39 is 0 Å². The van der Waals surface area contributed by atoms with Gasteiger partial charge in [0, 0.05) is 10.8 Å². The lowest BCUT2D eigenvalue weighted by Crippen LogP contribution is -2.33. The van der Waals surface area contributed by atoms with Gasteiger partial charge in [-0.3, -0.25) is 0 Å². The summed E-state index contributed by atoms with van der Waals surface area (Å²) in [5.74, 6) is 0. The summed E-state index contributed by atoms with van der Waals surface area (Å²) in [5, 5.41) is 0. The van der Waals surface area contributed by atoms with Gasteiger partial charge in [0.1, 0.15) is 0 Å². The molecule has 0 fully saturated rings. The van der Waals surface area contributed by atoms with E-state index >= 15 is 0 Å². The van der Waals surface area contributed by atoms with E-state index in [1.165, 1.54) is 11.1 Å². The highest BCUT2D eigenvalue weighted by Gasteiger charge is 2.37. The van der Waals surface area contributed by atoms with E-state index in [0.717, 1.165) is 0 Å². The minimum atomic E-state index is -0.159. The Hall–Kier alpha value is -0.630. The van der Waals surface area contributed by atoms with Crippen molar-refractivity contribution in [3.05, 3.63) is 71.8 Å². The van der Waals surface area contributed by atoms with Gasteiger partial charge in [-0.1, -0.05) is 88.4 Å². The molecule has 2 atom stereocenters. The van der Waals surface area contributed by atoms with Gasteiger partial charge in [-0.05, 0) is 11.1 Å². The van der Waals surface area contributed by atoms with Crippen LogP contribution < -0.4 is 0 Å². The fraction of sp³-hybridized carbons (Fsp3) is 0.400. The molecule has 0 aliphatic heterocycles. The highest BCUT2D eigenvalue weighted by atomic mass is 35.5. The van der Waals surface area contributed by atoms with Crippen LogP contribution in [0.3, 0.4) is 0 Å². The first-order valence-electron chi connectivity index (χ1n) is 7.81. The summed E-state index contributed by atoms with van der Waals surface area (Å²) in [6.07, 6.45) is 0. The summed E-state index contributed by atoms with van der Waals surface area (Å²) in [6.45, 7) is 8.69. The zero-order valence-corrected chi connectivity index (χ0v) is 16.4. The van der Waals surface area contributed by atoms with E-state index in [4.69, 9.17) is 23.2 Å². The van der Waals surface area contributed by atoms with Crippen molar-refractivity contribution < 1.29 is 0 Å². The second-order valence-electron chi connectivity index (χ2n) is 6.94. The van der Waals surface area contributed by atoms with Crippen LogP contribution in [0.25, 0.3) is 0 Å². The molecule has 0 spiro atoms. The van der Waals surface area contributed by atoms with Gasteiger partial charge in [-0.2, -0.15) is 0 Å². The molecule has 2 aromatic rings. The van der Waals surface area contributed by atoms with E-state index in [1.807, 2.05) is 12.1 Å². The van der Waals surface area contributed by atoms with Crippen molar-refractivity contribution in [1.82, 2.24) is 0 Å². The van der Waals surface area contributed by atoms with E-state index in [1.54, 1.807) is 11.8 Å². The summed E-state index contributed by atoms with van der Waals surface area (Å²) >= 11 is 15.2. The lowest BCUT2D eigenvalue weighted by Gasteiger charge is -2.36. The molecule has 0 N–H and O–H groups in total. The average Bonchev–Trinajstić information content (AvgIpc) is 2.56. The SMILES string of the molecule is CC(C)(c1ccccc1)C(Cl)SC(Cl)C(C)(C)c1ccccc1. The maximum Gasteiger partial charge on any atom is 0.0894 e. The fourth-order valence-electron chi connectivity index (χ4n) is 2.44. The van der Waals surface area contributed by atoms with Crippen molar-refractivity contribution in [1.29, 1.82) is 0 Å². The van der Waals surface area contributed by atoms with Gasteiger partial charge in [0.15, 0.2) is 0 Å². The number of benzene rings is 2. The predicted octanol–water partition coefficient (Wildman–Crippen LogP) is 6.81. The third-order valence-corrected chi connectivity index (χ3v) is 7.77. The Bertz CT molecular complexity index is 553. The largest absolute Gasteiger partial charge is 0.121 e. The minimum absolute atomic E-state index is 0.115. The first-order chi connectivity index (χ1) is 10.8. The van der Waals surface area contributed by atoms with Crippen LogP contribution >= 0.6 is 35.0 Å². The maximum atomic E-state index is 6.77. The molecule has 2 unspecified atom stereocenters. The molecule has 0 heterocycles. The fourth-order valence-corrected chi connectivity index (χ4v) is 4.63. The maximum absolute atomic E-state index is 6.77. The zero-order valence-electron chi connectivity index (χ0n) is 14.1. The second-order valence-corrected chi connectivity index (χ2v) is 9.55. The Labute approximate surface area is 154 Å². The second kappa shape index (κ2) is 7.51. The summed E-state index contributed by atoms with van der Waals surface area (Å²) in [5.41, 5.74) is 2.14. The Morgan fingerprint density at radius 1 is 0.652 bits per heavy atom. The standard InChI is InChI=1S/C20H24Cl2S/c1-19(2,15-11-7-5-8-12-15)17(21)23-18(22)20(3,4)16-13-9-6-10-14-16/h5-14,17-18H,1-4H3.